The second kappa shape index (κ2) is 7.69. The Bertz CT molecular complexity index is 803. The van der Waals surface area contributed by atoms with Gasteiger partial charge in [-0.15, -0.1) is 0 Å². The van der Waals surface area contributed by atoms with Gasteiger partial charge in [-0.05, 0) is 36.9 Å². The number of piperidine rings is 1. The predicted octanol–water partition coefficient (Wildman–Crippen LogP) is 2.95. The van der Waals surface area contributed by atoms with E-state index in [0.717, 1.165) is 44.8 Å². The van der Waals surface area contributed by atoms with Gasteiger partial charge in [0.15, 0.2) is 0 Å². The van der Waals surface area contributed by atoms with Crippen LogP contribution in [-0.4, -0.2) is 51.4 Å². The number of amides is 1. The standard InChI is InChI=1S/C22H28N4O/c1-24-15-11-23-20(24)17-25-13-9-22(10-14-25)16-21(27)26(18-22)12-5-8-19-6-3-2-4-7-19/h2-8,11,15H,9-10,12-14,16-18H2,1H3. The molecule has 5 heteroatoms. The molecule has 1 aromatic heterocycles. The van der Waals surface area contributed by atoms with Crippen LogP contribution < -0.4 is 0 Å². The molecule has 0 saturated carbocycles. The monoisotopic (exact) mass is 364 g/mol. The summed E-state index contributed by atoms with van der Waals surface area (Å²) in [5.41, 5.74) is 1.36. The minimum atomic E-state index is 0.176. The average Bonchev–Trinajstić information content (AvgIpc) is 3.21. The third-order valence-electron chi connectivity index (χ3n) is 6.04. The molecule has 5 nitrogen and oxygen atoms in total. The summed E-state index contributed by atoms with van der Waals surface area (Å²) in [5.74, 6) is 1.42. The van der Waals surface area contributed by atoms with Crippen molar-refractivity contribution >= 4 is 12.0 Å². The molecule has 2 aliphatic heterocycles. The van der Waals surface area contributed by atoms with Gasteiger partial charge < -0.3 is 9.47 Å². The van der Waals surface area contributed by atoms with Gasteiger partial charge in [0, 0.05) is 39.0 Å². The molecule has 2 fully saturated rings. The largest absolute Gasteiger partial charge is 0.338 e. The van der Waals surface area contributed by atoms with Gasteiger partial charge in [0.1, 0.15) is 5.82 Å². The zero-order valence-corrected chi connectivity index (χ0v) is 16.1. The molecule has 4 rings (SSSR count). The van der Waals surface area contributed by atoms with Crippen molar-refractivity contribution in [1.29, 1.82) is 0 Å². The first kappa shape index (κ1) is 18.0. The second-order valence-corrected chi connectivity index (χ2v) is 7.99. The smallest absolute Gasteiger partial charge is 0.223 e. The maximum atomic E-state index is 12.5. The number of hydrogen-bond acceptors (Lipinski definition) is 3. The summed E-state index contributed by atoms with van der Waals surface area (Å²) in [6.07, 6.45) is 11.0. The molecule has 0 unspecified atom stereocenters. The first-order valence-electron chi connectivity index (χ1n) is 9.82. The Kier molecular flexibility index (Phi) is 5.12. The molecular formula is C22H28N4O. The van der Waals surface area contributed by atoms with Crippen molar-refractivity contribution in [1.82, 2.24) is 19.4 Å². The second-order valence-electron chi connectivity index (χ2n) is 7.99. The van der Waals surface area contributed by atoms with Crippen LogP contribution in [0.1, 0.15) is 30.7 Å². The molecular weight excluding hydrogens is 336 g/mol. The van der Waals surface area contributed by atoms with Crippen LogP contribution in [0.5, 0.6) is 0 Å². The number of carbonyl (C=O) groups is 1. The fourth-order valence-corrected chi connectivity index (χ4v) is 4.30. The fraction of sp³-hybridized carbons (Fsp3) is 0.455. The number of benzene rings is 1. The Hall–Kier alpha value is -2.40. The summed E-state index contributed by atoms with van der Waals surface area (Å²) in [6, 6.07) is 10.3. The van der Waals surface area contributed by atoms with Crippen LogP contribution in [0.4, 0.5) is 0 Å². The van der Waals surface area contributed by atoms with Crippen molar-refractivity contribution in [2.45, 2.75) is 25.8 Å². The van der Waals surface area contributed by atoms with E-state index in [1.807, 2.05) is 42.5 Å². The Balaban J connectivity index is 1.30. The number of carbonyl (C=O) groups excluding carboxylic acids is 1. The molecule has 1 spiro atoms. The van der Waals surface area contributed by atoms with Gasteiger partial charge in [0.05, 0.1) is 6.54 Å². The summed E-state index contributed by atoms with van der Waals surface area (Å²) in [4.78, 5) is 21.5. The van der Waals surface area contributed by atoms with Gasteiger partial charge in [-0.1, -0.05) is 42.5 Å². The van der Waals surface area contributed by atoms with Gasteiger partial charge in [0.2, 0.25) is 5.91 Å². The van der Waals surface area contributed by atoms with Crippen molar-refractivity contribution in [2.24, 2.45) is 12.5 Å². The fourth-order valence-electron chi connectivity index (χ4n) is 4.30. The van der Waals surface area contributed by atoms with Gasteiger partial charge in [-0.2, -0.15) is 0 Å². The molecule has 3 heterocycles. The maximum absolute atomic E-state index is 12.5. The highest BCUT2D eigenvalue weighted by Gasteiger charge is 2.44. The summed E-state index contributed by atoms with van der Waals surface area (Å²) in [6.45, 7) is 4.62. The van der Waals surface area contributed by atoms with Crippen molar-refractivity contribution in [3.63, 3.8) is 0 Å². The number of aryl methyl sites for hydroxylation is 1. The lowest BCUT2D eigenvalue weighted by molar-refractivity contribution is -0.127. The molecule has 2 aromatic rings. The van der Waals surface area contributed by atoms with E-state index in [0.29, 0.717) is 18.9 Å². The number of rotatable bonds is 5. The normalized spacial score (nSPS) is 20.2. The molecule has 0 radical (unpaired) electrons. The molecule has 2 saturated heterocycles. The van der Waals surface area contributed by atoms with Gasteiger partial charge in [-0.3, -0.25) is 9.69 Å². The van der Waals surface area contributed by atoms with Crippen LogP contribution in [0.25, 0.3) is 6.08 Å². The van der Waals surface area contributed by atoms with Gasteiger partial charge >= 0.3 is 0 Å². The predicted molar refractivity (Wildman–Crippen MR) is 107 cm³/mol. The molecule has 1 aromatic carbocycles. The Labute approximate surface area is 161 Å². The van der Waals surface area contributed by atoms with Crippen LogP contribution in [-0.2, 0) is 18.4 Å². The average molecular weight is 364 g/mol. The quantitative estimate of drug-likeness (QED) is 0.819. The summed E-state index contributed by atoms with van der Waals surface area (Å²) < 4.78 is 2.09. The number of hydrogen-bond donors (Lipinski definition) is 0. The zero-order chi connectivity index (χ0) is 18.7. The molecule has 1 amide bonds. The molecule has 0 atom stereocenters. The molecule has 0 aliphatic carbocycles. The van der Waals surface area contributed by atoms with Crippen molar-refractivity contribution in [3.05, 3.63) is 60.2 Å². The van der Waals surface area contributed by atoms with E-state index in [1.54, 1.807) is 0 Å². The SMILES string of the molecule is Cn1ccnc1CN1CCC2(CC1)CC(=O)N(CC=Cc1ccccc1)C2. The van der Waals surface area contributed by atoms with Crippen molar-refractivity contribution in [3.8, 4) is 0 Å². The lowest BCUT2D eigenvalue weighted by Crippen LogP contribution is -2.41. The van der Waals surface area contributed by atoms with Crippen LogP contribution in [0.2, 0.25) is 0 Å². The topological polar surface area (TPSA) is 41.4 Å². The highest BCUT2D eigenvalue weighted by Crippen LogP contribution is 2.41. The highest BCUT2D eigenvalue weighted by atomic mass is 16.2. The van der Waals surface area contributed by atoms with E-state index < -0.39 is 0 Å². The first-order chi connectivity index (χ1) is 13.1. The van der Waals surface area contributed by atoms with E-state index in [2.05, 4.69) is 38.7 Å². The van der Waals surface area contributed by atoms with E-state index in [9.17, 15) is 4.79 Å². The molecule has 142 valence electrons. The highest BCUT2D eigenvalue weighted by molar-refractivity contribution is 5.79. The third kappa shape index (κ3) is 4.14. The van der Waals surface area contributed by atoms with E-state index in [-0.39, 0.29) is 5.41 Å². The molecule has 27 heavy (non-hydrogen) atoms. The number of likely N-dealkylation sites (tertiary alicyclic amines) is 2. The first-order valence-corrected chi connectivity index (χ1v) is 9.82. The van der Waals surface area contributed by atoms with Crippen LogP contribution >= 0.6 is 0 Å². The number of nitrogens with zero attached hydrogens (tertiary/aromatic N) is 4. The van der Waals surface area contributed by atoms with Crippen molar-refractivity contribution < 1.29 is 4.79 Å². The lowest BCUT2D eigenvalue weighted by atomic mass is 9.77. The number of aromatic nitrogens is 2. The number of imidazole rings is 1. The van der Waals surface area contributed by atoms with E-state index in [1.165, 1.54) is 5.56 Å². The minimum Gasteiger partial charge on any atom is -0.338 e. The summed E-state index contributed by atoms with van der Waals surface area (Å²) in [7, 11) is 2.05. The van der Waals surface area contributed by atoms with Gasteiger partial charge in [-0.25, -0.2) is 4.98 Å². The van der Waals surface area contributed by atoms with Crippen LogP contribution in [0.3, 0.4) is 0 Å². The maximum Gasteiger partial charge on any atom is 0.223 e. The zero-order valence-electron chi connectivity index (χ0n) is 16.1. The summed E-state index contributed by atoms with van der Waals surface area (Å²) in [5, 5.41) is 0. The van der Waals surface area contributed by atoms with Crippen LogP contribution in [0, 0.1) is 5.41 Å². The molecule has 0 bridgehead atoms. The summed E-state index contributed by atoms with van der Waals surface area (Å²) >= 11 is 0. The van der Waals surface area contributed by atoms with Gasteiger partial charge in [0.25, 0.3) is 0 Å². The minimum absolute atomic E-state index is 0.176. The molecule has 0 N–H and O–H groups in total. The van der Waals surface area contributed by atoms with E-state index >= 15 is 0 Å². The lowest BCUT2D eigenvalue weighted by Gasteiger charge is -2.38. The van der Waals surface area contributed by atoms with E-state index in [4.69, 9.17) is 0 Å². The Morgan fingerprint density at radius 1 is 1.19 bits per heavy atom. The Morgan fingerprint density at radius 3 is 2.67 bits per heavy atom. The van der Waals surface area contributed by atoms with Crippen LogP contribution in [0.15, 0.2) is 48.8 Å². The Morgan fingerprint density at radius 2 is 1.96 bits per heavy atom. The third-order valence-corrected chi connectivity index (χ3v) is 6.04. The molecule has 2 aliphatic rings. The van der Waals surface area contributed by atoms with Crippen molar-refractivity contribution in [2.75, 3.05) is 26.2 Å².